The first-order valence-electron chi connectivity index (χ1n) is 11.6. The first kappa shape index (κ1) is 23.8. The Kier molecular flexibility index (Phi) is 6.06. The third-order valence-corrected chi connectivity index (χ3v) is 8.13. The molecule has 2 aliphatic rings. The molecule has 1 unspecified atom stereocenters. The number of aliphatic hydroxyl groups is 1. The molecule has 0 radical (unpaired) electrons. The van der Waals surface area contributed by atoms with Crippen molar-refractivity contribution in [1.82, 2.24) is 0 Å². The van der Waals surface area contributed by atoms with Crippen molar-refractivity contribution in [2.45, 2.75) is 39.5 Å². The van der Waals surface area contributed by atoms with Crippen molar-refractivity contribution in [3.8, 4) is 0 Å². The molecule has 1 aromatic heterocycles. The number of Topliss-reactive ketones (excluding diaryl/α,β-unsaturated/α-hetero) is 1. The first-order valence-corrected chi connectivity index (χ1v) is 13.3. The number of hydrogen-bond acceptors (Lipinski definition) is 4. The molecule has 4 nitrogen and oxygen atoms in total. The van der Waals surface area contributed by atoms with Gasteiger partial charge in [0.15, 0.2) is 5.78 Å². The summed E-state index contributed by atoms with van der Waals surface area (Å²) in [7, 11) is 0. The number of carbonyl (C=O) groups is 1. The lowest BCUT2D eigenvalue weighted by Crippen LogP contribution is -2.45. The van der Waals surface area contributed by atoms with Crippen molar-refractivity contribution in [3.63, 3.8) is 0 Å². The van der Waals surface area contributed by atoms with E-state index in [-0.39, 0.29) is 22.8 Å². The third-order valence-electron chi connectivity index (χ3n) is 6.70. The minimum absolute atomic E-state index is 0.0394. The second-order valence-electron chi connectivity index (χ2n) is 10.0. The Hall–Kier alpha value is -2.96. The van der Waals surface area contributed by atoms with Crippen LogP contribution in [0.4, 0.5) is 5.69 Å². The van der Waals surface area contributed by atoms with E-state index in [2.05, 4.69) is 29.8 Å². The fraction of sp³-hybridized carbons (Fsp3) is 0.241. The van der Waals surface area contributed by atoms with Gasteiger partial charge in [-0.1, -0.05) is 71.7 Å². The number of thiophene rings is 1. The third kappa shape index (κ3) is 4.30. The van der Waals surface area contributed by atoms with Gasteiger partial charge in [-0.15, -0.1) is 11.3 Å². The predicted molar refractivity (Wildman–Crippen MR) is 147 cm³/mol. The SMILES string of the molecule is Cc1ccc(/C(O)=C2\C(=N)N(c3cccc(Br)c3)C3=C(C(=O)CC(C)(C)C3)C2c2cccs2)cc1. The molecule has 1 aliphatic carbocycles. The van der Waals surface area contributed by atoms with Crippen LogP contribution in [-0.2, 0) is 4.79 Å². The summed E-state index contributed by atoms with van der Waals surface area (Å²) in [6.07, 6.45) is 1.11. The second-order valence-corrected chi connectivity index (χ2v) is 11.9. The molecule has 1 aliphatic heterocycles. The van der Waals surface area contributed by atoms with Gasteiger partial charge in [0.1, 0.15) is 11.6 Å². The van der Waals surface area contributed by atoms with Gasteiger partial charge in [-0.2, -0.15) is 0 Å². The highest BCUT2D eigenvalue weighted by molar-refractivity contribution is 9.10. The molecule has 0 amide bonds. The molecule has 3 aromatic rings. The van der Waals surface area contributed by atoms with Crippen LogP contribution in [0.1, 0.15) is 48.6 Å². The minimum atomic E-state index is -0.481. The maximum atomic E-state index is 13.8. The Morgan fingerprint density at radius 2 is 1.86 bits per heavy atom. The van der Waals surface area contributed by atoms with E-state index in [9.17, 15) is 15.3 Å². The summed E-state index contributed by atoms with van der Waals surface area (Å²) in [6, 6.07) is 19.4. The number of carbonyl (C=O) groups excluding carboxylic acids is 1. The van der Waals surface area contributed by atoms with Crippen LogP contribution >= 0.6 is 27.3 Å². The lowest BCUT2D eigenvalue weighted by atomic mass is 9.68. The van der Waals surface area contributed by atoms with Crippen LogP contribution in [0, 0.1) is 17.7 Å². The van der Waals surface area contributed by atoms with E-state index in [0.717, 1.165) is 26.3 Å². The molecular weight excluding hydrogens is 520 g/mol. The molecular formula is C29H27BrN2O2S. The van der Waals surface area contributed by atoms with Gasteiger partial charge in [0.2, 0.25) is 0 Å². The van der Waals surface area contributed by atoms with E-state index in [0.29, 0.717) is 29.6 Å². The summed E-state index contributed by atoms with van der Waals surface area (Å²) in [5.41, 5.74) is 4.30. The Labute approximate surface area is 218 Å². The highest BCUT2D eigenvalue weighted by Gasteiger charge is 2.47. The number of halogens is 1. The molecule has 6 heteroatoms. The number of ketones is 1. The van der Waals surface area contributed by atoms with E-state index in [4.69, 9.17) is 0 Å². The van der Waals surface area contributed by atoms with Crippen LogP contribution in [-0.4, -0.2) is 16.7 Å². The molecule has 0 spiro atoms. The van der Waals surface area contributed by atoms with Crippen molar-refractivity contribution in [2.75, 3.05) is 4.90 Å². The Bertz CT molecular complexity index is 1380. The lowest BCUT2D eigenvalue weighted by Gasteiger charge is -2.45. The Balaban J connectivity index is 1.84. The van der Waals surface area contributed by atoms with E-state index in [1.165, 1.54) is 0 Å². The summed E-state index contributed by atoms with van der Waals surface area (Å²) in [5.74, 6) is -0.163. The molecule has 2 N–H and O–H groups in total. The van der Waals surface area contributed by atoms with Gasteiger partial charge in [0.05, 0.1) is 11.5 Å². The number of allylic oxidation sites excluding steroid dienone is 2. The standard InChI is InChI=1S/C29H27BrN2O2S/c1-17-9-11-18(12-10-17)27(34)26-25(23-8-5-13-35-23)24-21(15-29(2,3)16-22(24)33)32(28(26)31)20-7-4-6-19(30)14-20/h4-14,25,31,34H,15-16H2,1-3H3/b27-26+,31-28?. The predicted octanol–water partition coefficient (Wildman–Crippen LogP) is 8.01. The van der Waals surface area contributed by atoms with Crippen LogP contribution in [0.25, 0.3) is 5.76 Å². The van der Waals surface area contributed by atoms with E-state index in [1.807, 2.05) is 77.9 Å². The summed E-state index contributed by atoms with van der Waals surface area (Å²) < 4.78 is 0.889. The zero-order chi connectivity index (χ0) is 24.9. The molecule has 35 heavy (non-hydrogen) atoms. The number of aliphatic hydroxyl groups excluding tert-OH is 1. The Morgan fingerprint density at radius 1 is 1.11 bits per heavy atom. The van der Waals surface area contributed by atoms with Gasteiger partial charge >= 0.3 is 0 Å². The fourth-order valence-corrected chi connectivity index (χ4v) is 6.35. The molecule has 1 atom stereocenters. The van der Waals surface area contributed by atoms with Gasteiger partial charge in [0.25, 0.3) is 0 Å². The van der Waals surface area contributed by atoms with Gasteiger partial charge in [0, 0.05) is 38.3 Å². The number of hydrogen-bond donors (Lipinski definition) is 2. The van der Waals surface area contributed by atoms with Crippen molar-refractivity contribution in [1.29, 1.82) is 5.41 Å². The highest BCUT2D eigenvalue weighted by atomic mass is 79.9. The van der Waals surface area contributed by atoms with Crippen LogP contribution in [0.3, 0.4) is 0 Å². The summed E-state index contributed by atoms with van der Waals surface area (Å²) in [6.45, 7) is 6.21. The lowest BCUT2D eigenvalue weighted by molar-refractivity contribution is -0.118. The second kappa shape index (κ2) is 8.92. The average Bonchev–Trinajstić information content (AvgIpc) is 3.32. The van der Waals surface area contributed by atoms with Gasteiger partial charge in [-0.05, 0) is 48.4 Å². The maximum absolute atomic E-state index is 13.8. The van der Waals surface area contributed by atoms with Crippen LogP contribution in [0.5, 0.6) is 0 Å². The first-order chi connectivity index (χ1) is 16.7. The minimum Gasteiger partial charge on any atom is -0.507 e. The number of aryl methyl sites for hydroxylation is 1. The number of nitrogens with one attached hydrogen (secondary N) is 1. The zero-order valence-electron chi connectivity index (χ0n) is 19.9. The fourth-order valence-electron chi connectivity index (χ4n) is 5.12. The molecule has 2 heterocycles. The normalized spacial score (nSPS) is 21.3. The summed E-state index contributed by atoms with van der Waals surface area (Å²) in [5, 5.41) is 23.1. The van der Waals surface area contributed by atoms with Crippen LogP contribution < -0.4 is 4.90 Å². The summed E-state index contributed by atoms with van der Waals surface area (Å²) >= 11 is 5.12. The van der Waals surface area contributed by atoms with E-state index in [1.54, 1.807) is 11.3 Å². The monoisotopic (exact) mass is 546 g/mol. The maximum Gasteiger partial charge on any atom is 0.162 e. The smallest absolute Gasteiger partial charge is 0.162 e. The van der Waals surface area contributed by atoms with Crippen LogP contribution in [0.2, 0.25) is 0 Å². The van der Waals surface area contributed by atoms with Gasteiger partial charge in [-0.25, -0.2) is 0 Å². The average molecular weight is 548 g/mol. The number of amidine groups is 1. The number of benzene rings is 2. The topological polar surface area (TPSA) is 64.4 Å². The van der Waals surface area contributed by atoms with Crippen LogP contribution in [0.15, 0.2) is 87.4 Å². The molecule has 0 saturated heterocycles. The number of rotatable bonds is 3. The van der Waals surface area contributed by atoms with Gasteiger partial charge < -0.3 is 5.11 Å². The highest BCUT2D eigenvalue weighted by Crippen LogP contribution is 2.52. The van der Waals surface area contributed by atoms with Crippen molar-refractivity contribution >= 4 is 50.3 Å². The number of nitrogens with zero attached hydrogens (tertiary/aromatic N) is 1. The van der Waals surface area contributed by atoms with Crippen molar-refractivity contribution in [2.24, 2.45) is 5.41 Å². The largest absolute Gasteiger partial charge is 0.507 e. The molecule has 0 fully saturated rings. The Morgan fingerprint density at radius 3 is 2.51 bits per heavy atom. The van der Waals surface area contributed by atoms with Crippen molar-refractivity contribution < 1.29 is 9.90 Å². The molecule has 2 aromatic carbocycles. The molecule has 0 saturated carbocycles. The quantitative estimate of drug-likeness (QED) is 0.327. The molecule has 178 valence electrons. The van der Waals surface area contributed by atoms with Crippen molar-refractivity contribution in [3.05, 3.63) is 103 Å². The van der Waals surface area contributed by atoms with E-state index < -0.39 is 5.92 Å². The zero-order valence-corrected chi connectivity index (χ0v) is 22.3. The van der Waals surface area contributed by atoms with Gasteiger partial charge in [-0.3, -0.25) is 15.1 Å². The molecule has 0 bridgehead atoms. The molecule has 5 rings (SSSR count). The van der Waals surface area contributed by atoms with E-state index >= 15 is 0 Å². The summed E-state index contributed by atoms with van der Waals surface area (Å²) in [4.78, 5) is 16.6. The number of anilines is 1.